The molecule has 6 nitrogen and oxygen atoms in total. The monoisotopic (exact) mass is 331 g/mol. The van der Waals surface area contributed by atoms with Crippen molar-refractivity contribution in [2.75, 3.05) is 30.3 Å². The molecule has 1 atom stereocenters. The summed E-state index contributed by atoms with van der Waals surface area (Å²) >= 11 is 1.38. The number of carbonyl (C=O) groups is 2. The average molecular weight is 331 g/mol. The maximum atomic E-state index is 12.1. The molecule has 1 unspecified atom stereocenters. The third-order valence-electron chi connectivity index (χ3n) is 3.35. The summed E-state index contributed by atoms with van der Waals surface area (Å²) in [5.74, 6) is -0.359. The average Bonchev–Trinajstić information content (AvgIpc) is 3.10. The second-order valence-corrected chi connectivity index (χ2v) is 6.01. The zero-order valence-electron chi connectivity index (χ0n) is 12.4. The summed E-state index contributed by atoms with van der Waals surface area (Å²) in [6.07, 6.45) is -0.492. The molecule has 0 bridgehead atoms. The lowest BCUT2D eigenvalue weighted by molar-refractivity contribution is -0.128. The van der Waals surface area contributed by atoms with Crippen molar-refractivity contribution in [1.29, 1.82) is 0 Å². The Morgan fingerprint density at radius 3 is 2.70 bits per heavy atom. The molecule has 0 spiro atoms. The molecule has 1 saturated heterocycles. The van der Waals surface area contributed by atoms with Crippen molar-refractivity contribution in [3.63, 3.8) is 0 Å². The number of amides is 2. The molecule has 1 aliphatic rings. The quantitative estimate of drug-likeness (QED) is 0.800. The summed E-state index contributed by atoms with van der Waals surface area (Å²) in [4.78, 5) is 24.8. The first-order valence-electron chi connectivity index (χ1n) is 7.30. The number of hydrogen-bond acceptors (Lipinski definition) is 5. The first-order chi connectivity index (χ1) is 11.2. The van der Waals surface area contributed by atoms with E-state index in [1.807, 2.05) is 11.4 Å². The summed E-state index contributed by atoms with van der Waals surface area (Å²) in [5.41, 5.74) is 1.25. The van der Waals surface area contributed by atoms with Crippen LogP contribution < -0.4 is 16.0 Å². The number of ether oxygens (including phenoxy) is 1. The molecule has 0 saturated carbocycles. The molecule has 1 aromatic carbocycles. The van der Waals surface area contributed by atoms with Crippen LogP contribution in [0.15, 0.2) is 41.8 Å². The fourth-order valence-electron chi connectivity index (χ4n) is 2.23. The van der Waals surface area contributed by atoms with Gasteiger partial charge < -0.3 is 20.7 Å². The predicted octanol–water partition coefficient (Wildman–Crippen LogP) is 1.93. The number of anilines is 2. The Morgan fingerprint density at radius 1 is 1.17 bits per heavy atom. The third-order valence-corrected chi connectivity index (χ3v) is 4.22. The van der Waals surface area contributed by atoms with Gasteiger partial charge in [0.2, 0.25) is 0 Å². The Bertz CT molecular complexity index is 682. The minimum Gasteiger partial charge on any atom is -0.366 e. The third kappa shape index (κ3) is 4.16. The molecule has 0 aliphatic carbocycles. The van der Waals surface area contributed by atoms with E-state index in [9.17, 15) is 9.59 Å². The Morgan fingerprint density at radius 2 is 2.00 bits per heavy atom. The van der Waals surface area contributed by atoms with Crippen molar-refractivity contribution in [1.82, 2.24) is 5.32 Å². The van der Waals surface area contributed by atoms with Gasteiger partial charge in [-0.25, -0.2) is 0 Å². The van der Waals surface area contributed by atoms with Gasteiger partial charge in [0.25, 0.3) is 11.8 Å². The summed E-state index contributed by atoms with van der Waals surface area (Å²) in [6, 6.07) is 10.6. The Balaban J connectivity index is 1.62. The summed E-state index contributed by atoms with van der Waals surface area (Å²) < 4.78 is 5.41. The lowest BCUT2D eigenvalue weighted by Gasteiger charge is -2.22. The van der Waals surface area contributed by atoms with Crippen molar-refractivity contribution in [2.45, 2.75) is 6.10 Å². The van der Waals surface area contributed by atoms with Crippen LogP contribution in [0.1, 0.15) is 9.67 Å². The Hall–Kier alpha value is -2.22. The second-order valence-electron chi connectivity index (χ2n) is 5.07. The van der Waals surface area contributed by atoms with Gasteiger partial charge in [0.1, 0.15) is 6.10 Å². The van der Waals surface area contributed by atoms with Crippen molar-refractivity contribution in [3.8, 4) is 0 Å². The van der Waals surface area contributed by atoms with Crippen molar-refractivity contribution in [3.05, 3.63) is 46.7 Å². The van der Waals surface area contributed by atoms with E-state index in [4.69, 9.17) is 4.74 Å². The van der Waals surface area contributed by atoms with Crippen LogP contribution in [0.5, 0.6) is 0 Å². The highest BCUT2D eigenvalue weighted by Crippen LogP contribution is 2.18. The lowest BCUT2D eigenvalue weighted by atomic mass is 10.2. The molecule has 3 rings (SSSR count). The zero-order valence-corrected chi connectivity index (χ0v) is 13.2. The van der Waals surface area contributed by atoms with E-state index in [2.05, 4.69) is 16.0 Å². The number of benzene rings is 1. The molecule has 7 heteroatoms. The number of hydrogen-bond donors (Lipinski definition) is 3. The van der Waals surface area contributed by atoms with E-state index in [0.29, 0.717) is 29.4 Å². The molecule has 0 radical (unpaired) electrons. The standard InChI is InChI=1S/C16H17N3O3S/c20-15(13-10-17-6-7-22-13)18-11-3-1-4-12(9-11)19-16(21)14-5-2-8-23-14/h1-5,8-9,13,17H,6-7,10H2,(H,18,20)(H,19,21). The number of thiophene rings is 1. The van der Waals surface area contributed by atoms with Gasteiger partial charge in [-0.2, -0.15) is 0 Å². The van der Waals surface area contributed by atoms with Crippen LogP contribution in [0.25, 0.3) is 0 Å². The van der Waals surface area contributed by atoms with Gasteiger partial charge in [0, 0.05) is 24.5 Å². The van der Waals surface area contributed by atoms with Gasteiger partial charge in [-0.15, -0.1) is 11.3 Å². The Labute approximate surface area is 137 Å². The topological polar surface area (TPSA) is 79.5 Å². The maximum Gasteiger partial charge on any atom is 0.265 e. The van der Waals surface area contributed by atoms with E-state index in [1.54, 1.807) is 30.3 Å². The van der Waals surface area contributed by atoms with E-state index in [-0.39, 0.29) is 11.8 Å². The van der Waals surface area contributed by atoms with Crippen LogP contribution in [0, 0.1) is 0 Å². The number of carbonyl (C=O) groups excluding carboxylic acids is 2. The van der Waals surface area contributed by atoms with Crippen LogP contribution in [0.2, 0.25) is 0 Å². The molecule has 1 aromatic heterocycles. The van der Waals surface area contributed by atoms with E-state index in [0.717, 1.165) is 6.54 Å². The lowest BCUT2D eigenvalue weighted by Crippen LogP contribution is -2.45. The first-order valence-corrected chi connectivity index (χ1v) is 8.18. The SMILES string of the molecule is O=C(Nc1cccc(NC(=O)C2CNCCO2)c1)c1cccs1. The highest BCUT2D eigenvalue weighted by atomic mass is 32.1. The smallest absolute Gasteiger partial charge is 0.265 e. The van der Waals surface area contributed by atoms with E-state index < -0.39 is 6.10 Å². The van der Waals surface area contributed by atoms with Crippen molar-refractivity contribution in [2.24, 2.45) is 0 Å². The maximum absolute atomic E-state index is 12.1. The summed E-state index contributed by atoms with van der Waals surface area (Å²) in [5, 5.41) is 10.6. The van der Waals surface area contributed by atoms with Crippen LogP contribution in [-0.2, 0) is 9.53 Å². The zero-order chi connectivity index (χ0) is 16.1. The Kier molecular flexibility index (Phi) is 5.02. The van der Waals surface area contributed by atoms with Gasteiger partial charge in [0.15, 0.2) is 0 Å². The van der Waals surface area contributed by atoms with Crippen LogP contribution >= 0.6 is 11.3 Å². The minimum absolute atomic E-state index is 0.164. The molecule has 3 N–H and O–H groups in total. The summed E-state index contributed by atoms with van der Waals surface area (Å²) in [6.45, 7) is 1.78. The van der Waals surface area contributed by atoms with Crippen LogP contribution in [0.4, 0.5) is 11.4 Å². The predicted molar refractivity (Wildman–Crippen MR) is 90.0 cm³/mol. The largest absolute Gasteiger partial charge is 0.366 e. The number of nitrogens with one attached hydrogen (secondary N) is 3. The van der Waals surface area contributed by atoms with E-state index in [1.165, 1.54) is 11.3 Å². The normalized spacial score (nSPS) is 17.5. The van der Waals surface area contributed by atoms with Crippen molar-refractivity contribution < 1.29 is 14.3 Å². The van der Waals surface area contributed by atoms with Gasteiger partial charge >= 0.3 is 0 Å². The highest BCUT2D eigenvalue weighted by molar-refractivity contribution is 7.12. The first kappa shape index (κ1) is 15.7. The molecule has 2 heterocycles. The molecule has 1 fully saturated rings. The minimum atomic E-state index is -0.492. The van der Waals surface area contributed by atoms with E-state index >= 15 is 0 Å². The highest BCUT2D eigenvalue weighted by Gasteiger charge is 2.21. The molecule has 120 valence electrons. The number of rotatable bonds is 4. The van der Waals surface area contributed by atoms with Gasteiger partial charge in [-0.1, -0.05) is 12.1 Å². The van der Waals surface area contributed by atoms with Gasteiger partial charge in [0.05, 0.1) is 11.5 Å². The fourth-order valence-corrected chi connectivity index (χ4v) is 2.85. The van der Waals surface area contributed by atoms with Gasteiger partial charge in [-0.05, 0) is 29.6 Å². The molecule has 1 aliphatic heterocycles. The fraction of sp³-hybridized carbons (Fsp3) is 0.250. The molecular weight excluding hydrogens is 314 g/mol. The molecule has 23 heavy (non-hydrogen) atoms. The van der Waals surface area contributed by atoms with Crippen molar-refractivity contribution >= 4 is 34.5 Å². The molecule has 2 aromatic rings. The molecule has 2 amide bonds. The molecular formula is C16H17N3O3S. The van der Waals surface area contributed by atoms with Crippen LogP contribution in [-0.4, -0.2) is 37.6 Å². The van der Waals surface area contributed by atoms with Gasteiger partial charge in [-0.3, -0.25) is 9.59 Å². The number of morpholine rings is 1. The summed E-state index contributed by atoms with van der Waals surface area (Å²) in [7, 11) is 0. The second kappa shape index (κ2) is 7.36. The van der Waals surface area contributed by atoms with Crippen LogP contribution in [0.3, 0.4) is 0 Å².